The molecule has 0 aromatic carbocycles. The van der Waals surface area contributed by atoms with E-state index in [4.69, 9.17) is 14.6 Å². The highest BCUT2D eigenvalue weighted by molar-refractivity contribution is 5.92. The quantitative estimate of drug-likeness (QED) is 0.600. The van der Waals surface area contributed by atoms with Gasteiger partial charge >= 0.3 is 11.7 Å². The van der Waals surface area contributed by atoms with Crippen LogP contribution in [0.15, 0.2) is 12.3 Å². The van der Waals surface area contributed by atoms with Crippen LogP contribution in [-0.4, -0.2) is 40.3 Å². The Kier molecular flexibility index (Phi) is 4.98. The highest BCUT2D eigenvalue weighted by Crippen LogP contribution is 2.22. The van der Waals surface area contributed by atoms with Crippen LogP contribution < -0.4 is 4.74 Å². The third kappa shape index (κ3) is 4.16. The van der Waals surface area contributed by atoms with Gasteiger partial charge in [0.05, 0.1) is 17.1 Å². The molecule has 0 aliphatic carbocycles. The van der Waals surface area contributed by atoms with Crippen molar-refractivity contribution in [1.82, 2.24) is 4.98 Å². The third-order valence-electron chi connectivity index (χ3n) is 2.79. The smallest absolute Gasteiger partial charge is 0.342 e. The largest absolute Gasteiger partial charge is 0.478 e. The van der Waals surface area contributed by atoms with Crippen LogP contribution in [0.4, 0.5) is 5.69 Å². The summed E-state index contributed by atoms with van der Waals surface area (Å²) in [6.07, 6.45) is 1.44. The van der Waals surface area contributed by atoms with Crippen molar-refractivity contribution in [1.29, 1.82) is 0 Å². The number of aromatic carboxylic acids is 1. The first-order chi connectivity index (χ1) is 9.26. The molecule has 20 heavy (non-hydrogen) atoms. The van der Waals surface area contributed by atoms with Crippen molar-refractivity contribution >= 4 is 11.7 Å². The molecule has 0 saturated carbocycles. The Labute approximate surface area is 115 Å². The van der Waals surface area contributed by atoms with Crippen molar-refractivity contribution in [3.63, 3.8) is 0 Å². The molecule has 0 aliphatic heterocycles. The molecule has 0 fully saturated rings. The van der Waals surface area contributed by atoms with Crippen molar-refractivity contribution in [2.24, 2.45) is 0 Å². The molecule has 0 amide bonds. The van der Waals surface area contributed by atoms with Gasteiger partial charge in [-0.3, -0.25) is 10.1 Å². The zero-order valence-corrected chi connectivity index (χ0v) is 11.5. The van der Waals surface area contributed by atoms with Crippen LogP contribution >= 0.6 is 0 Å². The summed E-state index contributed by atoms with van der Waals surface area (Å²) in [6.45, 7) is 4.01. The van der Waals surface area contributed by atoms with E-state index in [1.54, 1.807) is 7.11 Å². The predicted octanol–water partition coefficient (Wildman–Crippen LogP) is 1.88. The molecule has 0 radical (unpaired) electrons. The topological polar surface area (TPSA) is 112 Å². The fraction of sp³-hybridized carbons (Fsp3) is 0.500. The molecule has 1 rings (SSSR count). The zero-order valence-electron chi connectivity index (χ0n) is 11.5. The molecule has 8 heteroatoms. The average molecular weight is 284 g/mol. The average Bonchev–Trinajstić information content (AvgIpc) is 2.38. The Bertz CT molecular complexity index is 515. The molecule has 1 N–H and O–H groups in total. The highest BCUT2D eigenvalue weighted by Gasteiger charge is 2.22. The number of hydrogen-bond acceptors (Lipinski definition) is 6. The maximum atomic E-state index is 11.0. The van der Waals surface area contributed by atoms with Crippen LogP contribution in [0.5, 0.6) is 5.88 Å². The maximum absolute atomic E-state index is 11.0. The Morgan fingerprint density at radius 1 is 1.55 bits per heavy atom. The van der Waals surface area contributed by atoms with E-state index in [0.717, 1.165) is 12.3 Å². The van der Waals surface area contributed by atoms with Crippen LogP contribution in [0, 0.1) is 10.1 Å². The first-order valence-corrected chi connectivity index (χ1v) is 5.82. The molecule has 1 aromatic rings. The number of nitro groups is 1. The van der Waals surface area contributed by atoms with Gasteiger partial charge < -0.3 is 14.6 Å². The predicted molar refractivity (Wildman–Crippen MR) is 69.1 cm³/mol. The van der Waals surface area contributed by atoms with E-state index in [0.29, 0.717) is 6.42 Å². The van der Waals surface area contributed by atoms with Crippen molar-refractivity contribution in [3.05, 3.63) is 27.9 Å². The van der Waals surface area contributed by atoms with Crippen molar-refractivity contribution < 1.29 is 24.3 Å². The number of carbonyl (C=O) groups is 1. The number of hydrogen-bond donors (Lipinski definition) is 1. The SMILES string of the molecule is COC(C)(C)CCOc1cc(C(=O)O)c([N+](=O)[O-])cn1. The first kappa shape index (κ1) is 15.8. The van der Waals surface area contributed by atoms with Gasteiger partial charge in [0, 0.05) is 19.6 Å². The minimum Gasteiger partial charge on any atom is -0.478 e. The molecule has 110 valence electrons. The van der Waals surface area contributed by atoms with E-state index in [9.17, 15) is 14.9 Å². The summed E-state index contributed by atoms with van der Waals surface area (Å²) in [5, 5.41) is 19.6. The molecule has 0 saturated heterocycles. The van der Waals surface area contributed by atoms with Crippen molar-refractivity contribution in [3.8, 4) is 5.88 Å². The second-order valence-corrected chi connectivity index (χ2v) is 4.66. The summed E-state index contributed by atoms with van der Waals surface area (Å²) in [7, 11) is 1.58. The summed E-state index contributed by atoms with van der Waals surface area (Å²) in [4.78, 5) is 24.5. The fourth-order valence-corrected chi connectivity index (χ4v) is 1.33. The molecular formula is C12H16N2O6. The Morgan fingerprint density at radius 3 is 2.70 bits per heavy atom. The van der Waals surface area contributed by atoms with E-state index in [2.05, 4.69) is 4.98 Å². The number of methoxy groups -OCH3 is 1. The van der Waals surface area contributed by atoms with E-state index in [-0.39, 0.29) is 18.1 Å². The van der Waals surface area contributed by atoms with Crippen LogP contribution in [-0.2, 0) is 4.74 Å². The van der Waals surface area contributed by atoms with Gasteiger partial charge in [0.1, 0.15) is 11.8 Å². The van der Waals surface area contributed by atoms with Gasteiger partial charge in [-0.05, 0) is 13.8 Å². The Hall–Kier alpha value is -2.22. The Morgan fingerprint density at radius 2 is 2.20 bits per heavy atom. The van der Waals surface area contributed by atoms with Gasteiger partial charge in [-0.15, -0.1) is 0 Å². The summed E-state index contributed by atoms with van der Waals surface area (Å²) < 4.78 is 10.5. The number of pyridine rings is 1. The number of rotatable bonds is 7. The van der Waals surface area contributed by atoms with Crippen molar-refractivity contribution in [2.45, 2.75) is 25.9 Å². The van der Waals surface area contributed by atoms with E-state index < -0.39 is 22.1 Å². The van der Waals surface area contributed by atoms with Gasteiger partial charge in [-0.25, -0.2) is 9.78 Å². The number of ether oxygens (including phenoxy) is 2. The number of nitrogens with zero attached hydrogens (tertiary/aromatic N) is 2. The lowest BCUT2D eigenvalue weighted by molar-refractivity contribution is -0.385. The number of carboxylic acids is 1. The van der Waals surface area contributed by atoms with E-state index in [1.807, 2.05) is 13.8 Å². The second-order valence-electron chi connectivity index (χ2n) is 4.66. The van der Waals surface area contributed by atoms with Gasteiger partial charge in [0.25, 0.3) is 0 Å². The zero-order chi connectivity index (χ0) is 15.3. The van der Waals surface area contributed by atoms with E-state index >= 15 is 0 Å². The fourth-order valence-electron chi connectivity index (χ4n) is 1.33. The normalized spacial score (nSPS) is 11.2. The van der Waals surface area contributed by atoms with Crippen LogP contribution in [0.3, 0.4) is 0 Å². The van der Waals surface area contributed by atoms with Crippen LogP contribution in [0.1, 0.15) is 30.6 Å². The van der Waals surface area contributed by atoms with Gasteiger partial charge in [0.2, 0.25) is 5.88 Å². The summed E-state index contributed by atoms with van der Waals surface area (Å²) >= 11 is 0. The van der Waals surface area contributed by atoms with Gasteiger partial charge in [-0.1, -0.05) is 0 Å². The standard InChI is InChI=1S/C12H16N2O6/c1-12(2,19-3)4-5-20-10-6-8(11(15)16)9(7-13-10)14(17)18/h6-7H,4-5H2,1-3H3,(H,15,16). The summed E-state index contributed by atoms with van der Waals surface area (Å²) in [5.41, 5.74) is -1.40. The molecular weight excluding hydrogens is 268 g/mol. The van der Waals surface area contributed by atoms with Gasteiger partial charge in [0.15, 0.2) is 0 Å². The molecule has 1 heterocycles. The van der Waals surface area contributed by atoms with Crippen LogP contribution in [0.2, 0.25) is 0 Å². The lowest BCUT2D eigenvalue weighted by atomic mass is 10.1. The second kappa shape index (κ2) is 6.29. The van der Waals surface area contributed by atoms with Gasteiger partial charge in [-0.2, -0.15) is 0 Å². The summed E-state index contributed by atoms with van der Waals surface area (Å²) in [5.74, 6) is -1.37. The molecule has 1 aromatic heterocycles. The highest BCUT2D eigenvalue weighted by atomic mass is 16.6. The molecule has 0 aliphatic rings. The minimum absolute atomic E-state index is 0.0277. The maximum Gasteiger partial charge on any atom is 0.342 e. The number of carboxylic acid groups (broad SMARTS) is 1. The minimum atomic E-state index is -1.40. The molecule has 0 bridgehead atoms. The molecule has 0 unspecified atom stereocenters. The van der Waals surface area contributed by atoms with Crippen molar-refractivity contribution in [2.75, 3.05) is 13.7 Å². The monoisotopic (exact) mass is 284 g/mol. The molecule has 0 spiro atoms. The third-order valence-corrected chi connectivity index (χ3v) is 2.79. The number of aromatic nitrogens is 1. The Balaban J connectivity index is 2.81. The van der Waals surface area contributed by atoms with E-state index in [1.165, 1.54) is 0 Å². The summed E-state index contributed by atoms with van der Waals surface area (Å²) in [6, 6.07) is 1.04. The lowest BCUT2D eigenvalue weighted by Gasteiger charge is -2.22. The first-order valence-electron chi connectivity index (χ1n) is 5.82. The molecule has 8 nitrogen and oxygen atoms in total. The lowest BCUT2D eigenvalue weighted by Crippen LogP contribution is -2.25. The van der Waals surface area contributed by atoms with Crippen LogP contribution in [0.25, 0.3) is 0 Å². The molecule has 0 atom stereocenters.